The summed E-state index contributed by atoms with van der Waals surface area (Å²) in [7, 11) is 1.67. The van der Waals surface area contributed by atoms with Crippen LogP contribution in [0, 0.1) is 6.92 Å². The second-order valence-corrected chi connectivity index (χ2v) is 10.1. The Morgan fingerprint density at radius 1 is 0.763 bits per heavy atom. The van der Waals surface area contributed by atoms with Gasteiger partial charge in [0.2, 0.25) is 0 Å². The molecule has 0 saturated carbocycles. The molecule has 1 aliphatic rings. The van der Waals surface area contributed by atoms with Gasteiger partial charge in [-0.05, 0) is 41.8 Å². The normalized spacial score (nSPS) is 13.9. The van der Waals surface area contributed by atoms with Crippen molar-refractivity contribution in [1.82, 2.24) is 9.80 Å². The van der Waals surface area contributed by atoms with Crippen molar-refractivity contribution >= 4 is 17.2 Å². The highest BCUT2D eigenvalue weighted by Crippen LogP contribution is 2.32. The summed E-state index contributed by atoms with van der Waals surface area (Å²) in [6.45, 7) is 6.20. The monoisotopic (exact) mass is 522 g/mol. The van der Waals surface area contributed by atoms with Gasteiger partial charge in [-0.15, -0.1) is 0 Å². The number of piperazine rings is 1. The molecule has 1 aliphatic heterocycles. The molecule has 0 N–H and O–H groups in total. The Kier molecular flexibility index (Phi) is 8.37. The van der Waals surface area contributed by atoms with Crippen LogP contribution in [0.2, 0.25) is 0 Å². The number of aryl methyl sites for hydroxylation is 1. The smallest absolute Gasteiger partial charge is 0.161 e. The van der Waals surface area contributed by atoms with Gasteiger partial charge >= 0.3 is 0 Å². The van der Waals surface area contributed by atoms with Gasteiger partial charge in [0.25, 0.3) is 0 Å². The maximum absolute atomic E-state index is 6.07. The van der Waals surface area contributed by atoms with Crippen LogP contribution in [0.15, 0.2) is 103 Å². The van der Waals surface area contributed by atoms with E-state index in [9.17, 15) is 0 Å². The van der Waals surface area contributed by atoms with E-state index < -0.39 is 0 Å². The maximum Gasteiger partial charge on any atom is 0.161 e. The summed E-state index contributed by atoms with van der Waals surface area (Å²) in [6, 6.07) is 36.2. The van der Waals surface area contributed by atoms with Crippen molar-refractivity contribution in [1.29, 1.82) is 0 Å². The molecular formula is C33H34N2O2S. The molecule has 0 bridgehead atoms. The molecule has 0 amide bonds. The van der Waals surface area contributed by atoms with Crippen LogP contribution < -0.4 is 9.47 Å². The van der Waals surface area contributed by atoms with Crippen molar-refractivity contribution in [3.8, 4) is 11.5 Å². The standard InChI is InChI=1S/C33H34N2O2S/c1-25-13-15-26(16-14-25)24-37-30-18-17-29(23-31(30)36-2)33(38)35-21-19-34(20-22-35)32(27-9-5-3-6-10-27)28-11-7-4-8-12-28/h3-18,23,32H,19-22,24H2,1-2H3. The number of benzene rings is 4. The zero-order valence-electron chi connectivity index (χ0n) is 22.0. The molecule has 0 aliphatic carbocycles. The van der Waals surface area contributed by atoms with Gasteiger partial charge in [0.15, 0.2) is 11.5 Å². The molecule has 38 heavy (non-hydrogen) atoms. The molecule has 194 valence electrons. The molecule has 5 heteroatoms. The van der Waals surface area contributed by atoms with Crippen LogP contribution >= 0.6 is 12.2 Å². The lowest BCUT2D eigenvalue weighted by molar-refractivity contribution is 0.152. The number of rotatable bonds is 8. The van der Waals surface area contributed by atoms with E-state index in [0.717, 1.165) is 48.0 Å². The molecule has 0 radical (unpaired) electrons. The summed E-state index contributed by atoms with van der Waals surface area (Å²) in [5.74, 6) is 1.42. The Hall–Kier alpha value is -3.67. The van der Waals surface area contributed by atoms with Gasteiger partial charge in [0, 0.05) is 31.7 Å². The number of hydrogen-bond donors (Lipinski definition) is 0. The third kappa shape index (κ3) is 6.07. The van der Waals surface area contributed by atoms with Crippen molar-refractivity contribution in [2.24, 2.45) is 0 Å². The molecular weight excluding hydrogens is 488 g/mol. The van der Waals surface area contributed by atoms with E-state index in [1.807, 2.05) is 18.2 Å². The van der Waals surface area contributed by atoms with Gasteiger partial charge in [-0.25, -0.2) is 0 Å². The summed E-state index contributed by atoms with van der Waals surface area (Å²) < 4.78 is 11.7. The minimum atomic E-state index is 0.234. The zero-order chi connectivity index (χ0) is 26.3. The van der Waals surface area contributed by atoms with Crippen molar-refractivity contribution < 1.29 is 9.47 Å². The second kappa shape index (κ2) is 12.2. The van der Waals surface area contributed by atoms with Crippen molar-refractivity contribution in [2.45, 2.75) is 19.6 Å². The molecule has 1 saturated heterocycles. The number of hydrogen-bond acceptors (Lipinski definition) is 4. The first-order chi connectivity index (χ1) is 18.6. The Morgan fingerprint density at radius 2 is 1.37 bits per heavy atom. The second-order valence-electron chi connectivity index (χ2n) is 9.69. The fourth-order valence-electron chi connectivity index (χ4n) is 5.02. The minimum Gasteiger partial charge on any atom is -0.493 e. The lowest BCUT2D eigenvalue weighted by atomic mass is 9.96. The topological polar surface area (TPSA) is 24.9 Å². The largest absolute Gasteiger partial charge is 0.493 e. The number of nitrogens with zero attached hydrogens (tertiary/aromatic N) is 2. The highest BCUT2D eigenvalue weighted by Gasteiger charge is 2.27. The van der Waals surface area contributed by atoms with Crippen LogP contribution in [-0.2, 0) is 6.61 Å². The van der Waals surface area contributed by atoms with E-state index >= 15 is 0 Å². The van der Waals surface area contributed by atoms with E-state index in [2.05, 4.69) is 102 Å². The Morgan fingerprint density at radius 3 is 1.95 bits per heavy atom. The van der Waals surface area contributed by atoms with Crippen molar-refractivity contribution in [3.05, 3.63) is 131 Å². The molecule has 1 heterocycles. The van der Waals surface area contributed by atoms with E-state index in [0.29, 0.717) is 12.4 Å². The third-order valence-electron chi connectivity index (χ3n) is 7.12. The molecule has 0 spiro atoms. The van der Waals surface area contributed by atoms with Gasteiger partial charge < -0.3 is 14.4 Å². The van der Waals surface area contributed by atoms with Crippen LogP contribution in [0.3, 0.4) is 0 Å². The first-order valence-electron chi connectivity index (χ1n) is 13.1. The predicted octanol–water partition coefficient (Wildman–Crippen LogP) is 6.67. The van der Waals surface area contributed by atoms with E-state index in [4.69, 9.17) is 21.7 Å². The van der Waals surface area contributed by atoms with E-state index in [1.165, 1.54) is 16.7 Å². The molecule has 4 nitrogen and oxygen atoms in total. The number of methoxy groups -OCH3 is 1. The Bertz CT molecular complexity index is 1300. The van der Waals surface area contributed by atoms with Gasteiger partial charge in [0.05, 0.1) is 13.2 Å². The molecule has 0 aromatic heterocycles. The summed E-state index contributed by atoms with van der Waals surface area (Å²) in [5.41, 5.74) is 5.98. The van der Waals surface area contributed by atoms with E-state index in [1.54, 1.807) is 7.11 Å². The highest BCUT2D eigenvalue weighted by molar-refractivity contribution is 7.80. The quantitative estimate of drug-likeness (QED) is 0.241. The SMILES string of the molecule is COc1cc(C(=S)N2CCN(C(c3ccccc3)c3ccccc3)CC2)ccc1OCc1ccc(C)cc1. The molecule has 5 rings (SSSR count). The molecule has 0 atom stereocenters. The third-order valence-corrected chi connectivity index (χ3v) is 7.62. The van der Waals surface area contributed by atoms with Crippen molar-refractivity contribution in [3.63, 3.8) is 0 Å². The summed E-state index contributed by atoms with van der Waals surface area (Å²) in [6.07, 6.45) is 0. The Balaban J connectivity index is 1.25. The Labute approximate surface area is 231 Å². The highest BCUT2D eigenvalue weighted by atomic mass is 32.1. The predicted molar refractivity (Wildman–Crippen MR) is 158 cm³/mol. The fourth-order valence-corrected chi connectivity index (χ4v) is 5.33. The molecule has 4 aromatic carbocycles. The molecule has 0 unspecified atom stereocenters. The maximum atomic E-state index is 6.07. The molecule has 4 aromatic rings. The first-order valence-corrected chi connectivity index (χ1v) is 13.5. The van der Waals surface area contributed by atoms with Gasteiger partial charge in [-0.2, -0.15) is 0 Å². The minimum absolute atomic E-state index is 0.234. The van der Waals surface area contributed by atoms with E-state index in [-0.39, 0.29) is 6.04 Å². The van der Waals surface area contributed by atoms with Gasteiger partial charge in [-0.1, -0.05) is 103 Å². The van der Waals surface area contributed by atoms with Crippen LogP contribution in [0.25, 0.3) is 0 Å². The number of thiocarbonyl (C=S) groups is 1. The lowest BCUT2D eigenvalue weighted by Gasteiger charge is -2.40. The van der Waals surface area contributed by atoms with Crippen LogP contribution in [0.1, 0.15) is 33.9 Å². The summed E-state index contributed by atoms with van der Waals surface area (Å²) >= 11 is 5.95. The van der Waals surface area contributed by atoms with Gasteiger partial charge in [-0.3, -0.25) is 4.90 Å². The lowest BCUT2D eigenvalue weighted by Crippen LogP contribution is -2.49. The average Bonchev–Trinajstić information content (AvgIpc) is 2.98. The van der Waals surface area contributed by atoms with Crippen LogP contribution in [0.5, 0.6) is 11.5 Å². The molecule has 1 fully saturated rings. The number of ether oxygens (including phenoxy) is 2. The summed E-state index contributed by atoms with van der Waals surface area (Å²) in [4.78, 5) is 5.72. The van der Waals surface area contributed by atoms with Gasteiger partial charge in [0.1, 0.15) is 11.6 Å². The zero-order valence-corrected chi connectivity index (χ0v) is 22.9. The fraction of sp³-hybridized carbons (Fsp3) is 0.242. The summed E-state index contributed by atoms with van der Waals surface area (Å²) in [5, 5.41) is 0. The van der Waals surface area contributed by atoms with Crippen molar-refractivity contribution in [2.75, 3.05) is 33.3 Å². The first kappa shape index (κ1) is 26.0. The van der Waals surface area contributed by atoms with Crippen LogP contribution in [-0.4, -0.2) is 48.1 Å². The van der Waals surface area contributed by atoms with Crippen LogP contribution in [0.4, 0.5) is 0 Å². The average molecular weight is 523 g/mol.